The van der Waals surface area contributed by atoms with Crippen molar-refractivity contribution in [3.05, 3.63) is 64.9 Å². The van der Waals surface area contributed by atoms with Crippen LogP contribution in [0.5, 0.6) is 0 Å². The van der Waals surface area contributed by atoms with Crippen LogP contribution in [0.1, 0.15) is 30.2 Å². The summed E-state index contributed by atoms with van der Waals surface area (Å²) in [7, 11) is 0. The van der Waals surface area contributed by atoms with Gasteiger partial charge in [-0.1, -0.05) is 30.3 Å². The number of carbonyl (C=O) groups excluding carboxylic acids is 1. The third-order valence-electron chi connectivity index (χ3n) is 4.64. The molecular weight excluding hydrogens is 440 g/mol. The Morgan fingerprint density at radius 3 is 2.71 bits per heavy atom. The number of hydrogen-bond donors (Lipinski definition) is 1. The Morgan fingerprint density at radius 1 is 1.29 bits per heavy atom. The quantitative estimate of drug-likeness (QED) is 0.300. The fourth-order valence-corrected chi connectivity index (χ4v) is 3.98. The van der Waals surface area contributed by atoms with Gasteiger partial charge in [0.05, 0.1) is 24.6 Å². The van der Waals surface area contributed by atoms with Crippen LogP contribution in [0.2, 0.25) is 0 Å². The third-order valence-corrected chi connectivity index (χ3v) is 5.61. The molecule has 3 rings (SSSR count). The number of esters is 1. The predicted molar refractivity (Wildman–Crippen MR) is 105 cm³/mol. The molecule has 5 nitrogen and oxygen atoms in total. The zero-order chi connectivity index (χ0) is 19.2. The number of carbonyl (C=O) groups is 1. The zero-order valence-electron chi connectivity index (χ0n) is 16.0. The highest BCUT2D eigenvalue weighted by Gasteiger charge is 2.24. The van der Waals surface area contributed by atoms with E-state index in [-0.39, 0.29) is 23.6 Å². The molecular formula is C21H25BrN2O3S. The second kappa shape index (κ2) is 10.5. The van der Waals surface area contributed by atoms with Crippen molar-refractivity contribution in [2.45, 2.75) is 39.5 Å². The first-order chi connectivity index (χ1) is 13.1. The first kappa shape index (κ1) is 22.3. The van der Waals surface area contributed by atoms with E-state index in [4.69, 9.17) is 4.74 Å². The van der Waals surface area contributed by atoms with Crippen molar-refractivity contribution in [2.75, 3.05) is 6.61 Å². The van der Waals surface area contributed by atoms with Crippen molar-refractivity contribution in [3.63, 3.8) is 0 Å². The number of halogens is 1. The second-order valence-electron chi connectivity index (χ2n) is 6.31. The average molecular weight is 465 g/mol. The molecule has 3 aromatic rings. The van der Waals surface area contributed by atoms with Crippen LogP contribution in [-0.4, -0.2) is 22.2 Å². The number of nitrogens with zero attached hydrogens (tertiary/aromatic N) is 2. The minimum Gasteiger partial charge on any atom is -1.00 e. The summed E-state index contributed by atoms with van der Waals surface area (Å²) in [6, 6.07) is 11.7. The molecule has 2 aromatic heterocycles. The molecule has 1 N–H and O–H groups in total. The normalized spacial score (nSPS) is 11.7. The number of ether oxygens (including phenoxy) is 1. The van der Waals surface area contributed by atoms with Crippen molar-refractivity contribution in [2.24, 2.45) is 0 Å². The molecule has 0 aliphatic heterocycles. The molecule has 0 bridgehead atoms. The van der Waals surface area contributed by atoms with E-state index in [1.165, 1.54) is 17.2 Å². The van der Waals surface area contributed by atoms with E-state index < -0.39 is 12.1 Å². The van der Waals surface area contributed by atoms with E-state index in [1.54, 1.807) is 0 Å². The van der Waals surface area contributed by atoms with Gasteiger partial charge >= 0.3 is 5.97 Å². The number of aryl methyl sites for hydroxylation is 2. The molecule has 28 heavy (non-hydrogen) atoms. The van der Waals surface area contributed by atoms with Gasteiger partial charge in [-0.2, -0.15) is 0 Å². The Morgan fingerprint density at radius 2 is 2.04 bits per heavy atom. The maximum absolute atomic E-state index is 12.3. The van der Waals surface area contributed by atoms with Gasteiger partial charge in [-0.05, 0) is 29.5 Å². The molecule has 0 radical (unpaired) electrons. The second-order valence-corrected chi connectivity index (χ2v) is 7.26. The maximum Gasteiger partial charge on any atom is 0.340 e. The van der Waals surface area contributed by atoms with Gasteiger partial charge in [-0.25, -0.2) is 13.9 Å². The topological polar surface area (TPSA) is 55.3 Å². The first-order valence-electron chi connectivity index (χ1n) is 9.14. The van der Waals surface area contributed by atoms with E-state index in [0.717, 1.165) is 24.2 Å². The molecule has 0 saturated heterocycles. The number of thiophene rings is 1. The lowest BCUT2D eigenvalue weighted by Crippen LogP contribution is -3.00. The molecule has 0 aliphatic rings. The number of hydrogen-bond acceptors (Lipinski definition) is 4. The number of aliphatic hydroxyl groups excluding tert-OH is 1. The Bertz CT molecular complexity index is 892. The summed E-state index contributed by atoms with van der Waals surface area (Å²) < 4.78 is 9.61. The standard InChI is InChI=1S/C21H25N2O3S.BrH/c1-3-22-12-13-23(16(22)2)11-7-14-26-21(25)19(24)20-18(10-15-27-20)17-8-5-4-6-9-17;/h4-6,8-10,12-13,15,19,24H,3,7,11,14H2,1-2H3;1H/q+1;/p-1. The summed E-state index contributed by atoms with van der Waals surface area (Å²) in [4.78, 5) is 12.9. The highest BCUT2D eigenvalue weighted by molar-refractivity contribution is 7.10. The van der Waals surface area contributed by atoms with Crippen LogP contribution >= 0.6 is 11.3 Å². The Balaban J connectivity index is 0.00000280. The fraction of sp³-hybridized carbons (Fsp3) is 0.333. The monoisotopic (exact) mass is 464 g/mol. The highest BCUT2D eigenvalue weighted by atomic mass is 79.9. The van der Waals surface area contributed by atoms with Crippen LogP contribution in [0.25, 0.3) is 11.1 Å². The average Bonchev–Trinajstić information content (AvgIpc) is 3.32. The zero-order valence-corrected chi connectivity index (χ0v) is 18.4. The van der Waals surface area contributed by atoms with Crippen molar-refractivity contribution in [1.29, 1.82) is 0 Å². The van der Waals surface area contributed by atoms with Crippen LogP contribution in [0.3, 0.4) is 0 Å². The number of aliphatic hydroxyl groups is 1. The van der Waals surface area contributed by atoms with Crippen LogP contribution in [-0.2, 0) is 22.6 Å². The summed E-state index contributed by atoms with van der Waals surface area (Å²) in [5.74, 6) is 0.581. The largest absolute Gasteiger partial charge is 1.00 e. The summed E-state index contributed by atoms with van der Waals surface area (Å²) in [6.07, 6.45) is 3.53. The van der Waals surface area contributed by atoms with E-state index in [0.29, 0.717) is 11.3 Å². The molecule has 0 aliphatic carbocycles. The molecule has 7 heteroatoms. The lowest BCUT2D eigenvalue weighted by Gasteiger charge is -2.11. The van der Waals surface area contributed by atoms with Gasteiger partial charge in [0, 0.05) is 13.3 Å². The Kier molecular flexibility index (Phi) is 8.41. The van der Waals surface area contributed by atoms with Gasteiger partial charge in [0.25, 0.3) is 5.82 Å². The minimum absolute atomic E-state index is 0. The number of imidazole rings is 1. The van der Waals surface area contributed by atoms with Gasteiger partial charge in [0.15, 0.2) is 6.10 Å². The van der Waals surface area contributed by atoms with Crippen LogP contribution < -0.4 is 21.5 Å². The summed E-state index contributed by atoms with van der Waals surface area (Å²) >= 11 is 1.37. The van der Waals surface area contributed by atoms with Gasteiger partial charge in [0.2, 0.25) is 0 Å². The van der Waals surface area contributed by atoms with Crippen molar-refractivity contribution >= 4 is 17.3 Å². The molecule has 2 heterocycles. The number of rotatable bonds is 8. The first-order valence-corrected chi connectivity index (χ1v) is 10.0. The number of benzene rings is 1. The van der Waals surface area contributed by atoms with Crippen LogP contribution in [0, 0.1) is 6.92 Å². The Labute approximate surface area is 180 Å². The van der Waals surface area contributed by atoms with Gasteiger partial charge in [-0.3, -0.25) is 0 Å². The molecule has 0 amide bonds. The highest BCUT2D eigenvalue weighted by Crippen LogP contribution is 2.33. The van der Waals surface area contributed by atoms with Crippen molar-refractivity contribution in [1.82, 2.24) is 4.57 Å². The van der Waals surface area contributed by atoms with Gasteiger partial charge < -0.3 is 26.8 Å². The van der Waals surface area contributed by atoms with E-state index >= 15 is 0 Å². The smallest absolute Gasteiger partial charge is 0.340 e. The minimum atomic E-state index is -1.25. The van der Waals surface area contributed by atoms with E-state index in [1.807, 2.05) is 54.2 Å². The van der Waals surface area contributed by atoms with Crippen molar-refractivity contribution < 1.29 is 36.2 Å². The lowest BCUT2D eigenvalue weighted by atomic mass is 10.0. The lowest BCUT2D eigenvalue weighted by molar-refractivity contribution is -0.702. The molecule has 0 fully saturated rings. The molecule has 0 saturated carbocycles. The Hall–Kier alpha value is -1.96. The summed E-state index contributed by atoms with van der Waals surface area (Å²) in [5, 5.41) is 12.3. The summed E-state index contributed by atoms with van der Waals surface area (Å²) in [5.41, 5.74) is 1.85. The SMILES string of the molecule is CCn1cc[n+](CCCOC(=O)C(O)c2sccc2-c2ccccc2)c1C.[Br-]. The molecule has 150 valence electrons. The number of aromatic nitrogens is 2. The molecule has 1 unspecified atom stereocenters. The predicted octanol–water partition coefficient (Wildman–Crippen LogP) is 0.503. The van der Waals surface area contributed by atoms with Crippen LogP contribution in [0.15, 0.2) is 54.2 Å². The third kappa shape index (κ3) is 5.10. The summed E-state index contributed by atoms with van der Waals surface area (Å²) in [6.45, 7) is 6.17. The van der Waals surface area contributed by atoms with Gasteiger partial charge in [-0.15, -0.1) is 11.3 Å². The van der Waals surface area contributed by atoms with Crippen molar-refractivity contribution in [3.8, 4) is 11.1 Å². The maximum atomic E-state index is 12.3. The molecule has 1 atom stereocenters. The van der Waals surface area contributed by atoms with E-state index in [2.05, 4.69) is 23.0 Å². The van der Waals surface area contributed by atoms with Gasteiger partial charge in [0.1, 0.15) is 12.4 Å². The van der Waals surface area contributed by atoms with E-state index in [9.17, 15) is 9.90 Å². The molecule has 1 aromatic carbocycles. The van der Waals surface area contributed by atoms with Crippen LogP contribution in [0.4, 0.5) is 0 Å². The molecule has 0 spiro atoms. The fourth-order valence-electron chi connectivity index (χ4n) is 3.09.